The second-order valence-electron chi connectivity index (χ2n) is 7.06. The van der Waals surface area contributed by atoms with Crippen molar-refractivity contribution in [3.63, 3.8) is 0 Å². The number of nitrogens with zero attached hydrogens (tertiary/aromatic N) is 3. The molecule has 2 aromatic carbocycles. The molecular formula is C22H29N3O3. The largest absolute Gasteiger partial charge is 0.497 e. The monoisotopic (exact) mass is 383 g/mol. The fourth-order valence-electron chi connectivity index (χ4n) is 3.40. The van der Waals surface area contributed by atoms with Crippen LogP contribution in [0.2, 0.25) is 0 Å². The van der Waals surface area contributed by atoms with Crippen LogP contribution in [0.5, 0.6) is 11.5 Å². The highest BCUT2D eigenvalue weighted by molar-refractivity contribution is 5.78. The second-order valence-corrected chi connectivity index (χ2v) is 7.06. The first-order valence-electron chi connectivity index (χ1n) is 9.57. The van der Waals surface area contributed by atoms with Gasteiger partial charge in [-0.15, -0.1) is 0 Å². The van der Waals surface area contributed by atoms with E-state index < -0.39 is 0 Å². The first-order chi connectivity index (χ1) is 13.6. The first-order valence-corrected chi connectivity index (χ1v) is 9.57. The number of carbonyl (C=O) groups is 1. The number of rotatable bonds is 7. The van der Waals surface area contributed by atoms with E-state index >= 15 is 0 Å². The van der Waals surface area contributed by atoms with E-state index in [4.69, 9.17) is 9.47 Å². The minimum absolute atomic E-state index is 0.140. The Bertz CT molecular complexity index is 771. The highest BCUT2D eigenvalue weighted by atomic mass is 16.5. The summed E-state index contributed by atoms with van der Waals surface area (Å²) in [7, 11) is 5.19. The Morgan fingerprint density at radius 3 is 2.29 bits per heavy atom. The van der Waals surface area contributed by atoms with Crippen molar-refractivity contribution in [3.8, 4) is 11.5 Å². The van der Waals surface area contributed by atoms with Gasteiger partial charge in [0.25, 0.3) is 0 Å². The molecule has 3 rings (SSSR count). The molecule has 0 aliphatic carbocycles. The van der Waals surface area contributed by atoms with Crippen LogP contribution in [0.3, 0.4) is 0 Å². The van der Waals surface area contributed by atoms with Crippen molar-refractivity contribution in [2.75, 3.05) is 58.9 Å². The number of ether oxygens (including phenoxy) is 2. The molecule has 1 saturated heterocycles. The average Bonchev–Trinajstić information content (AvgIpc) is 2.74. The van der Waals surface area contributed by atoms with E-state index in [1.54, 1.807) is 19.1 Å². The van der Waals surface area contributed by atoms with Crippen molar-refractivity contribution >= 4 is 11.6 Å². The summed E-state index contributed by atoms with van der Waals surface area (Å²) in [5.74, 6) is 1.82. The predicted molar refractivity (Wildman–Crippen MR) is 111 cm³/mol. The van der Waals surface area contributed by atoms with Crippen LogP contribution in [0, 0.1) is 0 Å². The number of anilines is 1. The summed E-state index contributed by atoms with van der Waals surface area (Å²) in [6.45, 7) is 4.63. The smallest absolute Gasteiger partial charge is 0.236 e. The maximum atomic E-state index is 12.6. The summed E-state index contributed by atoms with van der Waals surface area (Å²) in [5.41, 5.74) is 2.27. The summed E-state index contributed by atoms with van der Waals surface area (Å²) in [6.07, 6.45) is 0. The fraction of sp³-hybridized carbons (Fsp3) is 0.409. The van der Waals surface area contributed by atoms with Crippen LogP contribution in [0.4, 0.5) is 5.69 Å². The van der Waals surface area contributed by atoms with Gasteiger partial charge in [-0.3, -0.25) is 9.69 Å². The molecule has 6 nitrogen and oxygen atoms in total. The second kappa shape index (κ2) is 9.46. The minimum atomic E-state index is 0.140. The standard InChI is InChI=1S/C22H29N3O3/c1-23(16-18-5-4-6-21(15-18)28-3)22(26)17-24-11-13-25(14-12-24)19-7-9-20(27-2)10-8-19/h4-10,15H,11-14,16-17H2,1-3H3. The van der Waals surface area contributed by atoms with Crippen LogP contribution in [0.1, 0.15) is 5.56 Å². The van der Waals surface area contributed by atoms with Gasteiger partial charge in [0.2, 0.25) is 5.91 Å². The predicted octanol–water partition coefficient (Wildman–Crippen LogP) is 2.48. The van der Waals surface area contributed by atoms with Gasteiger partial charge in [-0.25, -0.2) is 0 Å². The maximum Gasteiger partial charge on any atom is 0.236 e. The van der Waals surface area contributed by atoms with Gasteiger partial charge in [-0.05, 0) is 42.0 Å². The molecule has 2 aromatic rings. The number of hydrogen-bond donors (Lipinski definition) is 0. The molecule has 0 unspecified atom stereocenters. The van der Waals surface area contributed by atoms with Gasteiger partial charge >= 0.3 is 0 Å². The molecule has 0 spiro atoms. The molecule has 1 aliphatic heterocycles. The summed E-state index contributed by atoms with van der Waals surface area (Å²) in [6, 6.07) is 16.0. The Morgan fingerprint density at radius 1 is 0.964 bits per heavy atom. The maximum absolute atomic E-state index is 12.6. The molecule has 28 heavy (non-hydrogen) atoms. The van der Waals surface area contributed by atoms with E-state index in [-0.39, 0.29) is 5.91 Å². The van der Waals surface area contributed by atoms with Crippen molar-refractivity contribution < 1.29 is 14.3 Å². The number of likely N-dealkylation sites (N-methyl/N-ethyl adjacent to an activating group) is 1. The number of hydrogen-bond acceptors (Lipinski definition) is 5. The highest BCUT2D eigenvalue weighted by Gasteiger charge is 2.21. The molecule has 0 aromatic heterocycles. The molecule has 0 radical (unpaired) electrons. The van der Waals surface area contributed by atoms with Gasteiger partial charge in [0.15, 0.2) is 0 Å². The SMILES string of the molecule is COc1ccc(N2CCN(CC(=O)N(C)Cc3cccc(OC)c3)CC2)cc1. The van der Waals surface area contributed by atoms with Crippen molar-refractivity contribution in [2.24, 2.45) is 0 Å². The fourth-order valence-corrected chi connectivity index (χ4v) is 3.40. The van der Waals surface area contributed by atoms with Crippen LogP contribution in [0.15, 0.2) is 48.5 Å². The number of methoxy groups -OCH3 is 2. The molecular weight excluding hydrogens is 354 g/mol. The third-order valence-electron chi connectivity index (χ3n) is 5.15. The Labute approximate surface area is 167 Å². The molecule has 1 aliphatic rings. The van der Waals surface area contributed by atoms with Crippen molar-refractivity contribution in [2.45, 2.75) is 6.54 Å². The zero-order valence-corrected chi connectivity index (χ0v) is 16.9. The van der Waals surface area contributed by atoms with Crippen molar-refractivity contribution in [1.29, 1.82) is 0 Å². The molecule has 1 fully saturated rings. The van der Waals surface area contributed by atoms with Gasteiger partial charge in [-0.1, -0.05) is 12.1 Å². The van der Waals surface area contributed by atoms with Gasteiger partial charge < -0.3 is 19.3 Å². The lowest BCUT2D eigenvalue weighted by Crippen LogP contribution is -2.49. The highest BCUT2D eigenvalue weighted by Crippen LogP contribution is 2.20. The Hall–Kier alpha value is -2.73. The molecule has 0 bridgehead atoms. The summed E-state index contributed by atoms with van der Waals surface area (Å²) in [5, 5.41) is 0. The Morgan fingerprint density at radius 2 is 1.64 bits per heavy atom. The molecule has 0 N–H and O–H groups in total. The van der Waals surface area contributed by atoms with Crippen LogP contribution in [-0.2, 0) is 11.3 Å². The first kappa shape index (κ1) is 20.0. The van der Waals surface area contributed by atoms with Crippen LogP contribution in [0.25, 0.3) is 0 Å². The van der Waals surface area contributed by atoms with Crippen LogP contribution >= 0.6 is 0 Å². The van der Waals surface area contributed by atoms with Crippen LogP contribution < -0.4 is 14.4 Å². The van der Waals surface area contributed by atoms with E-state index in [0.717, 1.165) is 43.2 Å². The minimum Gasteiger partial charge on any atom is -0.497 e. The third kappa shape index (κ3) is 5.16. The van der Waals surface area contributed by atoms with Gasteiger partial charge in [-0.2, -0.15) is 0 Å². The normalized spacial score (nSPS) is 14.6. The third-order valence-corrected chi connectivity index (χ3v) is 5.15. The quantitative estimate of drug-likeness (QED) is 0.735. The molecule has 1 amide bonds. The van der Waals surface area contributed by atoms with Crippen molar-refractivity contribution in [1.82, 2.24) is 9.80 Å². The number of piperazine rings is 1. The zero-order valence-electron chi connectivity index (χ0n) is 16.9. The summed E-state index contributed by atoms with van der Waals surface area (Å²) >= 11 is 0. The molecule has 6 heteroatoms. The lowest BCUT2D eigenvalue weighted by atomic mass is 10.2. The molecule has 0 atom stereocenters. The number of amides is 1. The van der Waals surface area contributed by atoms with E-state index in [0.29, 0.717) is 13.1 Å². The van der Waals surface area contributed by atoms with E-state index in [1.807, 2.05) is 43.4 Å². The average molecular weight is 383 g/mol. The molecule has 1 heterocycles. The van der Waals surface area contributed by atoms with E-state index in [1.165, 1.54) is 5.69 Å². The summed E-state index contributed by atoms with van der Waals surface area (Å²) in [4.78, 5) is 19.0. The topological polar surface area (TPSA) is 45.2 Å². The van der Waals surface area contributed by atoms with Gasteiger partial charge in [0.1, 0.15) is 11.5 Å². The molecule has 150 valence electrons. The van der Waals surface area contributed by atoms with E-state index in [9.17, 15) is 4.79 Å². The Kier molecular flexibility index (Phi) is 6.76. The van der Waals surface area contributed by atoms with Crippen LogP contribution in [-0.4, -0.2) is 69.7 Å². The lowest BCUT2D eigenvalue weighted by molar-refractivity contribution is -0.131. The number of benzene rings is 2. The lowest BCUT2D eigenvalue weighted by Gasteiger charge is -2.36. The molecule has 0 saturated carbocycles. The van der Waals surface area contributed by atoms with E-state index in [2.05, 4.69) is 21.9 Å². The Balaban J connectivity index is 1.47. The number of carbonyl (C=O) groups excluding carboxylic acids is 1. The van der Waals surface area contributed by atoms with Gasteiger partial charge in [0.05, 0.1) is 20.8 Å². The summed E-state index contributed by atoms with van der Waals surface area (Å²) < 4.78 is 10.5. The van der Waals surface area contributed by atoms with Gasteiger partial charge in [0, 0.05) is 45.5 Å². The van der Waals surface area contributed by atoms with Crippen molar-refractivity contribution in [3.05, 3.63) is 54.1 Å². The zero-order chi connectivity index (χ0) is 19.9.